The number of carbonyl (C=O) groups is 2. The van der Waals surface area contributed by atoms with E-state index in [1.165, 1.54) is 0 Å². The van der Waals surface area contributed by atoms with E-state index in [1.807, 2.05) is 60.3 Å². The van der Waals surface area contributed by atoms with E-state index in [1.54, 1.807) is 13.5 Å². The van der Waals surface area contributed by atoms with Gasteiger partial charge in [-0.1, -0.05) is 30.3 Å². The molecule has 0 saturated carbocycles. The van der Waals surface area contributed by atoms with E-state index < -0.39 is 6.09 Å². The molecule has 178 valence electrons. The van der Waals surface area contributed by atoms with Crippen LogP contribution in [0.2, 0.25) is 0 Å². The number of nitrogens with one attached hydrogen (secondary N) is 1. The van der Waals surface area contributed by atoms with Crippen molar-refractivity contribution in [3.8, 4) is 17.1 Å². The van der Waals surface area contributed by atoms with Crippen LogP contribution in [-0.4, -0.2) is 38.3 Å². The molecule has 4 rings (SSSR count). The molecule has 3 aromatic rings. The van der Waals surface area contributed by atoms with Crippen LogP contribution in [0.25, 0.3) is 11.3 Å². The van der Waals surface area contributed by atoms with Gasteiger partial charge in [0.2, 0.25) is 12.0 Å². The molecule has 1 aliphatic rings. The Labute approximate surface area is 198 Å². The maximum absolute atomic E-state index is 12.7. The van der Waals surface area contributed by atoms with Gasteiger partial charge in [0.05, 0.1) is 25.9 Å². The topological polar surface area (TPSA) is 90.9 Å². The van der Waals surface area contributed by atoms with Crippen molar-refractivity contribution >= 4 is 11.9 Å². The highest BCUT2D eigenvalue weighted by molar-refractivity contribution is 5.83. The number of aryl methyl sites for hydroxylation is 1. The second kappa shape index (κ2) is 11.0. The Kier molecular flexibility index (Phi) is 7.59. The lowest BCUT2D eigenvalue weighted by Gasteiger charge is -2.12. The zero-order valence-corrected chi connectivity index (χ0v) is 19.4. The molecule has 2 aromatic carbocycles. The molecule has 0 aliphatic carbocycles. The molecule has 1 N–H and O–H groups in total. The first kappa shape index (κ1) is 23.5. The predicted octanol–water partition coefficient (Wildman–Crippen LogP) is 3.15. The molecule has 1 aliphatic heterocycles. The van der Waals surface area contributed by atoms with Crippen LogP contribution in [0, 0.1) is 0 Å². The molecule has 0 unspecified atom stereocenters. The number of hydrogen-bond acceptors (Lipinski definition) is 6. The summed E-state index contributed by atoms with van der Waals surface area (Å²) in [5.41, 5.74) is 3.51. The van der Waals surface area contributed by atoms with E-state index in [2.05, 4.69) is 5.32 Å². The second-order valence-electron chi connectivity index (χ2n) is 8.37. The number of hydrogen-bond donors (Lipinski definition) is 1. The third-order valence-corrected chi connectivity index (χ3v) is 5.59. The summed E-state index contributed by atoms with van der Waals surface area (Å²) >= 11 is 0. The number of methoxy groups -OCH3 is 1. The van der Waals surface area contributed by atoms with Gasteiger partial charge >= 0.3 is 12.5 Å². The SMILES string of the molecule is COc1cc(CC(=O)Cc2cccc(CNC(=O)O[C@H]3CCOC3)c2)ccc1-c1c[n+](C)co1. The molecule has 2 heterocycles. The smallest absolute Gasteiger partial charge is 0.407 e. The van der Waals surface area contributed by atoms with Gasteiger partial charge in [0.25, 0.3) is 0 Å². The lowest BCUT2D eigenvalue weighted by molar-refractivity contribution is -0.674. The zero-order valence-electron chi connectivity index (χ0n) is 19.4. The third-order valence-electron chi connectivity index (χ3n) is 5.59. The minimum absolute atomic E-state index is 0.0879. The number of ether oxygens (including phenoxy) is 3. The van der Waals surface area contributed by atoms with Gasteiger partial charge in [-0.3, -0.25) is 4.79 Å². The molecule has 1 amide bonds. The van der Waals surface area contributed by atoms with Crippen molar-refractivity contribution in [2.75, 3.05) is 20.3 Å². The van der Waals surface area contributed by atoms with E-state index >= 15 is 0 Å². The number of carbonyl (C=O) groups excluding carboxylic acids is 2. The van der Waals surface area contributed by atoms with E-state index in [0.29, 0.717) is 44.1 Å². The van der Waals surface area contributed by atoms with Gasteiger partial charge in [0.15, 0.2) is 0 Å². The molecular weight excluding hydrogens is 436 g/mol. The molecule has 1 saturated heterocycles. The van der Waals surface area contributed by atoms with Crippen molar-refractivity contribution in [2.45, 2.75) is 31.9 Å². The van der Waals surface area contributed by atoms with Crippen LogP contribution in [-0.2, 0) is 40.7 Å². The predicted molar refractivity (Wildman–Crippen MR) is 123 cm³/mol. The average molecular weight is 466 g/mol. The summed E-state index contributed by atoms with van der Waals surface area (Å²) in [4.78, 5) is 24.7. The standard InChI is InChI=1S/C26H28N2O6/c1-28-15-25(33-17-28)23-7-6-19(13-24(23)31-2)12-21(29)11-18-4-3-5-20(10-18)14-27-26(30)34-22-8-9-32-16-22/h3-7,10,13,15,17,22H,8-9,11-12,14,16H2,1-2H3/p+1/t22-/m0/s1. The van der Waals surface area contributed by atoms with Gasteiger partial charge in [-0.05, 0) is 28.8 Å². The molecule has 8 nitrogen and oxygen atoms in total. The molecule has 1 atom stereocenters. The van der Waals surface area contributed by atoms with Gasteiger partial charge in [0, 0.05) is 25.8 Å². The number of rotatable bonds is 9. The second-order valence-corrected chi connectivity index (χ2v) is 8.37. The van der Waals surface area contributed by atoms with Gasteiger partial charge in [-0.25, -0.2) is 4.79 Å². The Morgan fingerprint density at radius 1 is 1.12 bits per heavy atom. The Morgan fingerprint density at radius 2 is 1.91 bits per heavy atom. The summed E-state index contributed by atoms with van der Waals surface area (Å²) in [5, 5.41) is 2.75. The van der Waals surface area contributed by atoms with E-state index in [4.69, 9.17) is 18.6 Å². The van der Waals surface area contributed by atoms with Crippen molar-refractivity contribution in [2.24, 2.45) is 7.05 Å². The van der Waals surface area contributed by atoms with Crippen LogP contribution >= 0.6 is 0 Å². The van der Waals surface area contributed by atoms with Crippen molar-refractivity contribution < 1.29 is 32.8 Å². The quantitative estimate of drug-likeness (QED) is 0.488. The molecular formula is C26H29N2O6+. The van der Waals surface area contributed by atoms with Crippen LogP contribution in [0.5, 0.6) is 5.75 Å². The maximum atomic E-state index is 12.7. The van der Waals surface area contributed by atoms with Crippen LogP contribution in [0.3, 0.4) is 0 Å². The fraction of sp³-hybridized carbons (Fsp3) is 0.346. The highest BCUT2D eigenvalue weighted by atomic mass is 16.6. The number of alkyl carbamates (subject to hydrolysis) is 1. The summed E-state index contributed by atoms with van der Waals surface area (Å²) in [5.74, 6) is 1.44. The third kappa shape index (κ3) is 6.23. The molecule has 0 spiro atoms. The van der Waals surface area contributed by atoms with Crippen molar-refractivity contribution in [3.05, 3.63) is 71.7 Å². The summed E-state index contributed by atoms with van der Waals surface area (Å²) in [7, 11) is 3.49. The fourth-order valence-electron chi connectivity index (χ4n) is 3.91. The van der Waals surface area contributed by atoms with Crippen LogP contribution < -0.4 is 14.6 Å². The normalized spacial score (nSPS) is 15.2. The van der Waals surface area contributed by atoms with Gasteiger partial charge < -0.3 is 23.9 Å². The lowest BCUT2D eigenvalue weighted by atomic mass is 10.00. The van der Waals surface area contributed by atoms with Gasteiger partial charge in [-0.2, -0.15) is 4.57 Å². The highest BCUT2D eigenvalue weighted by Crippen LogP contribution is 2.30. The van der Waals surface area contributed by atoms with Crippen molar-refractivity contribution in [1.29, 1.82) is 0 Å². The molecule has 0 radical (unpaired) electrons. The van der Waals surface area contributed by atoms with E-state index in [0.717, 1.165) is 28.7 Å². The van der Waals surface area contributed by atoms with Crippen molar-refractivity contribution in [3.63, 3.8) is 0 Å². The number of aromatic nitrogens is 1. The summed E-state index contributed by atoms with van der Waals surface area (Å²) in [6.07, 6.45) is 4.16. The Bertz CT molecular complexity index is 1150. The van der Waals surface area contributed by atoms with Crippen LogP contribution in [0.1, 0.15) is 23.1 Å². The molecule has 1 fully saturated rings. The van der Waals surface area contributed by atoms with E-state index in [9.17, 15) is 9.59 Å². The Morgan fingerprint density at radius 3 is 2.62 bits per heavy atom. The summed E-state index contributed by atoms with van der Waals surface area (Å²) < 4.78 is 23.4. The van der Waals surface area contributed by atoms with Gasteiger partial charge in [-0.15, -0.1) is 0 Å². The Balaban J connectivity index is 1.32. The molecule has 8 heteroatoms. The molecule has 1 aromatic heterocycles. The highest BCUT2D eigenvalue weighted by Gasteiger charge is 2.19. The largest absolute Gasteiger partial charge is 0.496 e. The first-order valence-corrected chi connectivity index (χ1v) is 11.2. The number of amides is 1. The fourth-order valence-corrected chi connectivity index (χ4v) is 3.91. The number of oxazole rings is 1. The first-order chi connectivity index (χ1) is 16.5. The Hall–Kier alpha value is -3.65. The zero-order chi connectivity index (χ0) is 23.9. The minimum atomic E-state index is -0.460. The maximum Gasteiger partial charge on any atom is 0.407 e. The number of benzene rings is 2. The van der Waals surface area contributed by atoms with E-state index in [-0.39, 0.29) is 11.9 Å². The molecule has 34 heavy (non-hydrogen) atoms. The number of Topliss-reactive ketones (excluding diaryl/α,β-unsaturated/α-hetero) is 1. The first-order valence-electron chi connectivity index (χ1n) is 11.2. The van der Waals surface area contributed by atoms with Crippen LogP contribution in [0.4, 0.5) is 4.79 Å². The monoisotopic (exact) mass is 465 g/mol. The van der Waals surface area contributed by atoms with Gasteiger partial charge in [0.1, 0.15) is 24.7 Å². The minimum Gasteiger partial charge on any atom is -0.496 e. The lowest BCUT2D eigenvalue weighted by Crippen LogP contribution is -2.28. The summed E-state index contributed by atoms with van der Waals surface area (Å²) in [6.45, 7) is 1.40. The van der Waals surface area contributed by atoms with Crippen LogP contribution in [0.15, 0.2) is 59.5 Å². The number of ketones is 1. The summed E-state index contributed by atoms with van der Waals surface area (Å²) in [6, 6.07) is 13.3. The number of nitrogens with zero attached hydrogens (tertiary/aromatic N) is 1. The van der Waals surface area contributed by atoms with Crippen molar-refractivity contribution in [1.82, 2.24) is 5.32 Å². The average Bonchev–Trinajstić information content (AvgIpc) is 3.49. The molecule has 0 bridgehead atoms.